The fourth-order valence-electron chi connectivity index (χ4n) is 2.62. The molecule has 0 saturated heterocycles. The normalized spacial score (nSPS) is 12.4. The van der Waals surface area contributed by atoms with Crippen LogP contribution in [0.2, 0.25) is 0 Å². The second-order valence-electron chi connectivity index (χ2n) is 5.65. The molecule has 120 valence electrons. The summed E-state index contributed by atoms with van der Waals surface area (Å²) >= 11 is 0. The van der Waals surface area contributed by atoms with E-state index in [1.54, 1.807) is 10.7 Å². The number of benzene rings is 1. The smallest absolute Gasteiger partial charge is 0.185 e. The Balaban J connectivity index is 1.60. The summed E-state index contributed by atoms with van der Waals surface area (Å²) in [5.74, 6) is 1.51. The van der Waals surface area contributed by atoms with Gasteiger partial charge in [-0.3, -0.25) is 4.68 Å². The third kappa shape index (κ3) is 2.83. The number of rotatable bonds is 5. The molecule has 7 heteroatoms. The quantitative estimate of drug-likeness (QED) is 0.612. The molecule has 0 aliphatic heterocycles. The molecule has 0 amide bonds. The van der Waals surface area contributed by atoms with Crippen LogP contribution in [0.25, 0.3) is 17.0 Å². The lowest BCUT2D eigenvalue weighted by Crippen LogP contribution is -2.23. The molecule has 24 heavy (non-hydrogen) atoms. The lowest BCUT2D eigenvalue weighted by Gasteiger charge is -2.14. The zero-order valence-electron chi connectivity index (χ0n) is 13.2. The minimum absolute atomic E-state index is 0.187. The summed E-state index contributed by atoms with van der Waals surface area (Å²) < 4.78 is 3.66. The molecule has 0 unspecified atom stereocenters. The van der Waals surface area contributed by atoms with Gasteiger partial charge in [-0.15, -0.1) is 15.3 Å². The first-order chi connectivity index (χ1) is 11.8. The van der Waals surface area contributed by atoms with Gasteiger partial charge in [0.05, 0.1) is 6.54 Å². The van der Waals surface area contributed by atoms with Crippen LogP contribution in [0.5, 0.6) is 0 Å². The molecule has 1 atom stereocenters. The van der Waals surface area contributed by atoms with Gasteiger partial charge in [0.25, 0.3) is 0 Å². The fourth-order valence-corrected chi connectivity index (χ4v) is 2.62. The van der Waals surface area contributed by atoms with Crippen LogP contribution in [-0.2, 0) is 6.54 Å². The van der Waals surface area contributed by atoms with Crippen molar-refractivity contribution in [3.05, 3.63) is 60.9 Å². The van der Waals surface area contributed by atoms with Crippen molar-refractivity contribution in [1.29, 1.82) is 0 Å². The lowest BCUT2D eigenvalue weighted by molar-refractivity contribution is 0.559. The Labute approximate surface area is 139 Å². The van der Waals surface area contributed by atoms with Crippen LogP contribution in [0, 0.1) is 0 Å². The van der Waals surface area contributed by atoms with Gasteiger partial charge in [0.1, 0.15) is 5.82 Å². The van der Waals surface area contributed by atoms with Crippen LogP contribution in [0.15, 0.2) is 60.9 Å². The van der Waals surface area contributed by atoms with Crippen molar-refractivity contribution < 1.29 is 0 Å². The second kappa shape index (κ2) is 6.11. The molecule has 0 saturated carbocycles. The van der Waals surface area contributed by atoms with Gasteiger partial charge in [-0.1, -0.05) is 30.3 Å². The van der Waals surface area contributed by atoms with E-state index >= 15 is 0 Å². The summed E-state index contributed by atoms with van der Waals surface area (Å²) in [6, 6.07) is 15.9. The second-order valence-corrected chi connectivity index (χ2v) is 5.65. The van der Waals surface area contributed by atoms with Crippen LogP contribution in [0.3, 0.4) is 0 Å². The molecule has 1 N–H and O–H groups in total. The molecule has 3 heterocycles. The maximum atomic E-state index is 4.63. The Morgan fingerprint density at radius 2 is 1.92 bits per heavy atom. The molecular formula is C17H17N7. The molecule has 0 aliphatic carbocycles. The number of nitrogens with one attached hydrogen (secondary N) is 1. The lowest BCUT2D eigenvalue weighted by atomic mass is 10.2. The molecular weight excluding hydrogens is 302 g/mol. The highest BCUT2D eigenvalue weighted by Crippen LogP contribution is 2.18. The van der Waals surface area contributed by atoms with Gasteiger partial charge in [0.15, 0.2) is 11.5 Å². The highest BCUT2D eigenvalue weighted by atomic mass is 15.4. The number of fused-ring (bicyclic) bond motifs is 1. The minimum Gasteiger partial charge on any atom is -0.364 e. The molecule has 0 fully saturated rings. The third-order valence-electron chi connectivity index (χ3n) is 3.71. The highest BCUT2D eigenvalue weighted by Gasteiger charge is 2.11. The van der Waals surface area contributed by atoms with E-state index in [1.165, 1.54) is 0 Å². The Morgan fingerprint density at radius 3 is 2.71 bits per heavy atom. The third-order valence-corrected chi connectivity index (χ3v) is 3.71. The Hall–Kier alpha value is -3.22. The zero-order chi connectivity index (χ0) is 16.4. The zero-order valence-corrected chi connectivity index (χ0v) is 13.2. The maximum Gasteiger partial charge on any atom is 0.185 e. The van der Waals surface area contributed by atoms with Gasteiger partial charge in [-0.25, -0.2) is 0 Å². The van der Waals surface area contributed by atoms with E-state index in [-0.39, 0.29) is 6.04 Å². The van der Waals surface area contributed by atoms with Crippen molar-refractivity contribution in [2.45, 2.75) is 19.5 Å². The van der Waals surface area contributed by atoms with Crippen molar-refractivity contribution >= 4 is 11.5 Å². The van der Waals surface area contributed by atoms with E-state index in [0.717, 1.165) is 29.4 Å². The van der Waals surface area contributed by atoms with E-state index in [4.69, 9.17) is 0 Å². The van der Waals surface area contributed by atoms with E-state index in [9.17, 15) is 0 Å². The molecule has 0 bridgehead atoms. The monoisotopic (exact) mass is 319 g/mol. The highest BCUT2D eigenvalue weighted by molar-refractivity contribution is 5.59. The van der Waals surface area contributed by atoms with E-state index < -0.39 is 0 Å². The molecule has 0 radical (unpaired) electrons. The Bertz CT molecular complexity index is 928. The summed E-state index contributed by atoms with van der Waals surface area (Å²) in [5, 5.41) is 20.7. The van der Waals surface area contributed by atoms with Crippen molar-refractivity contribution in [3.8, 4) is 11.4 Å². The van der Waals surface area contributed by atoms with Gasteiger partial charge in [-0.05, 0) is 25.1 Å². The molecule has 3 aromatic heterocycles. The molecule has 0 spiro atoms. The number of aromatic nitrogens is 6. The van der Waals surface area contributed by atoms with Crippen molar-refractivity contribution in [2.75, 3.05) is 5.32 Å². The maximum absolute atomic E-state index is 4.63. The van der Waals surface area contributed by atoms with Gasteiger partial charge >= 0.3 is 0 Å². The first-order valence-corrected chi connectivity index (χ1v) is 7.81. The number of nitrogens with zero attached hydrogens (tertiary/aromatic N) is 6. The minimum atomic E-state index is 0.187. The van der Waals surface area contributed by atoms with Crippen LogP contribution < -0.4 is 5.32 Å². The van der Waals surface area contributed by atoms with Crippen LogP contribution in [0.1, 0.15) is 6.92 Å². The van der Waals surface area contributed by atoms with Crippen molar-refractivity contribution in [1.82, 2.24) is 29.6 Å². The van der Waals surface area contributed by atoms with Gasteiger partial charge < -0.3 is 5.32 Å². The SMILES string of the molecule is C[C@@H](Cn1cccn1)Nc1ccc2nnc(-c3ccccc3)n2n1. The Morgan fingerprint density at radius 1 is 1.04 bits per heavy atom. The van der Waals surface area contributed by atoms with Gasteiger partial charge in [-0.2, -0.15) is 9.61 Å². The number of anilines is 1. The summed E-state index contributed by atoms with van der Waals surface area (Å²) in [7, 11) is 0. The van der Waals surface area contributed by atoms with E-state index in [0.29, 0.717) is 0 Å². The molecule has 1 aromatic carbocycles. The molecule has 0 aliphatic rings. The van der Waals surface area contributed by atoms with Crippen LogP contribution in [-0.4, -0.2) is 35.6 Å². The average molecular weight is 319 g/mol. The summed E-state index contributed by atoms with van der Waals surface area (Å²) in [4.78, 5) is 0. The van der Waals surface area contributed by atoms with Crippen LogP contribution >= 0.6 is 0 Å². The summed E-state index contributed by atoms with van der Waals surface area (Å²) in [6.45, 7) is 2.86. The first-order valence-electron chi connectivity index (χ1n) is 7.81. The van der Waals surface area contributed by atoms with Gasteiger partial charge in [0.2, 0.25) is 0 Å². The van der Waals surface area contributed by atoms with E-state index in [2.05, 4.69) is 32.6 Å². The number of hydrogen-bond acceptors (Lipinski definition) is 5. The molecule has 7 nitrogen and oxygen atoms in total. The Kier molecular flexibility index (Phi) is 3.66. The molecule has 4 aromatic rings. The summed E-state index contributed by atoms with van der Waals surface area (Å²) in [6.07, 6.45) is 3.72. The predicted octanol–water partition coefficient (Wildman–Crippen LogP) is 2.49. The van der Waals surface area contributed by atoms with Crippen molar-refractivity contribution in [3.63, 3.8) is 0 Å². The standard InChI is InChI=1S/C17H17N7/c1-13(12-23-11-5-10-18-23)19-15-8-9-16-20-21-17(24(16)22-15)14-6-3-2-4-7-14/h2-11,13H,12H2,1H3,(H,19,22)/t13-/m0/s1. The predicted molar refractivity (Wildman–Crippen MR) is 91.5 cm³/mol. The van der Waals surface area contributed by atoms with Gasteiger partial charge in [0, 0.05) is 24.0 Å². The first kappa shape index (κ1) is 14.4. The van der Waals surface area contributed by atoms with Crippen molar-refractivity contribution in [2.24, 2.45) is 0 Å². The van der Waals surface area contributed by atoms with E-state index in [1.807, 2.05) is 59.4 Å². The topological polar surface area (TPSA) is 72.9 Å². The largest absolute Gasteiger partial charge is 0.364 e. The summed E-state index contributed by atoms with van der Waals surface area (Å²) in [5.41, 5.74) is 1.71. The average Bonchev–Trinajstić information content (AvgIpc) is 3.25. The number of hydrogen-bond donors (Lipinski definition) is 1. The van der Waals surface area contributed by atoms with Crippen LogP contribution in [0.4, 0.5) is 5.82 Å². The molecule has 4 rings (SSSR count). The fraction of sp³-hybridized carbons (Fsp3) is 0.176.